The maximum absolute atomic E-state index is 12.4. The maximum Gasteiger partial charge on any atom is 0.233 e. The number of amides is 1. The summed E-state index contributed by atoms with van der Waals surface area (Å²) in [6.07, 6.45) is 3.26. The van der Waals surface area contributed by atoms with Crippen molar-refractivity contribution < 1.29 is 4.79 Å². The van der Waals surface area contributed by atoms with Crippen LogP contribution in [0.15, 0.2) is 59.8 Å². The number of fused-ring (bicyclic) bond motifs is 3. The molecule has 0 saturated heterocycles. The monoisotopic (exact) mass is 433 g/mol. The Labute approximate surface area is 186 Å². The molecule has 7 heteroatoms. The fourth-order valence-corrected chi connectivity index (χ4v) is 4.34. The van der Waals surface area contributed by atoms with Gasteiger partial charge in [-0.2, -0.15) is 0 Å². The minimum absolute atomic E-state index is 0.00892. The van der Waals surface area contributed by atoms with E-state index in [-0.39, 0.29) is 11.2 Å². The van der Waals surface area contributed by atoms with Crippen molar-refractivity contribution in [2.24, 2.45) is 0 Å². The molecular weight excluding hydrogens is 406 g/mol. The molecule has 2 aromatic heterocycles. The number of hydrogen-bond donors (Lipinski definition) is 1. The molecule has 160 valence electrons. The molecule has 2 aromatic carbocycles. The van der Waals surface area contributed by atoms with Crippen LogP contribution >= 0.6 is 11.8 Å². The molecule has 0 fully saturated rings. The molecule has 0 spiro atoms. The molecule has 0 aliphatic rings. The number of carbonyl (C=O) groups is 1. The van der Waals surface area contributed by atoms with E-state index in [1.165, 1.54) is 17.3 Å². The van der Waals surface area contributed by atoms with Gasteiger partial charge in [-0.05, 0) is 25.0 Å². The van der Waals surface area contributed by atoms with Gasteiger partial charge in [-0.25, -0.2) is 4.98 Å². The van der Waals surface area contributed by atoms with Gasteiger partial charge in [0.15, 0.2) is 5.65 Å². The lowest BCUT2D eigenvalue weighted by molar-refractivity contribution is -0.120. The van der Waals surface area contributed by atoms with Gasteiger partial charge in [0.05, 0.1) is 10.8 Å². The van der Waals surface area contributed by atoms with E-state index in [0.29, 0.717) is 18.2 Å². The van der Waals surface area contributed by atoms with Crippen LogP contribution < -0.4 is 5.32 Å². The summed E-state index contributed by atoms with van der Waals surface area (Å²) in [5.74, 6) is 0.00892. The highest BCUT2D eigenvalue weighted by atomic mass is 32.2. The van der Waals surface area contributed by atoms with Crippen LogP contribution in [-0.2, 0) is 11.3 Å². The molecule has 4 aromatic rings. The third-order valence-electron chi connectivity index (χ3n) is 5.27. The van der Waals surface area contributed by atoms with Gasteiger partial charge in [-0.3, -0.25) is 4.79 Å². The summed E-state index contributed by atoms with van der Waals surface area (Å²) < 4.78 is 2.17. The minimum Gasteiger partial charge on any atom is -0.355 e. The molecule has 2 heterocycles. The Kier molecular flexibility index (Phi) is 6.82. The molecule has 1 N–H and O–H groups in total. The largest absolute Gasteiger partial charge is 0.355 e. The predicted molar refractivity (Wildman–Crippen MR) is 126 cm³/mol. The van der Waals surface area contributed by atoms with E-state index >= 15 is 0 Å². The number of nitrogens with zero attached hydrogens (tertiary/aromatic N) is 4. The molecule has 4 rings (SSSR count). The summed E-state index contributed by atoms with van der Waals surface area (Å²) in [5.41, 5.74) is 3.84. The second-order valence-electron chi connectivity index (χ2n) is 7.61. The van der Waals surface area contributed by atoms with Gasteiger partial charge in [-0.15, -0.1) is 10.2 Å². The van der Waals surface area contributed by atoms with Crippen LogP contribution in [0.2, 0.25) is 0 Å². The lowest BCUT2D eigenvalue weighted by atomic mass is 10.2. The van der Waals surface area contributed by atoms with E-state index in [2.05, 4.69) is 51.3 Å². The quantitative estimate of drug-likeness (QED) is 0.303. The van der Waals surface area contributed by atoms with Gasteiger partial charge in [0.25, 0.3) is 0 Å². The summed E-state index contributed by atoms with van der Waals surface area (Å²) in [6, 6.07) is 18.5. The Morgan fingerprint density at radius 2 is 1.84 bits per heavy atom. The van der Waals surface area contributed by atoms with Gasteiger partial charge in [0, 0.05) is 18.5 Å². The Morgan fingerprint density at radius 1 is 1.06 bits per heavy atom. The lowest BCUT2D eigenvalue weighted by Gasteiger charge is -2.11. The summed E-state index contributed by atoms with van der Waals surface area (Å²) >= 11 is 1.35. The fourth-order valence-electron chi connectivity index (χ4n) is 3.61. The summed E-state index contributed by atoms with van der Waals surface area (Å²) in [6.45, 7) is 5.44. The van der Waals surface area contributed by atoms with E-state index in [0.717, 1.165) is 41.3 Å². The zero-order valence-corrected chi connectivity index (χ0v) is 18.7. The van der Waals surface area contributed by atoms with Crippen LogP contribution in [0, 0.1) is 0 Å². The molecule has 1 unspecified atom stereocenters. The first-order valence-electron chi connectivity index (χ1n) is 10.8. The first-order valence-corrected chi connectivity index (χ1v) is 11.6. The zero-order chi connectivity index (χ0) is 21.6. The van der Waals surface area contributed by atoms with Crippen molar-refractivity contribution in [3.63, 3.8) is 0 Å². The van der Waals surface area contributed by atoms with E-state index in [1.807, 2.05) is 37.3 Å². The second kappa shape index (κ2) is 9.92. The number of carbonyl (C=O) groups excluding carboxylic acids is 1. The number of unbranched alkanes of at least 4 members (excludes halogenated alkanes) is 2. The zero-order valence-electron chi connectivity index (χ0n) is 17.9. The predicted octanol–water partition coefficient (Wildman–Crippen LogP) is 4.81. The Bertz CT molecular complexity index is 1170. The van der Waals surface area contributed by atoms with Crippen LogP contribution in [-0.4, -0.2) is 37.5 Å². The summed E-state index contributed by atoms with van der Waals surface area (Å²) in [7, 11) is 0. The highest BCUT2D eigenvalue weighted by Gasteiger charge is 2.19. The van der Waals surface area contributed by atoms with Gasteiger partial charge in [-0.1, -0.05) is 80.1 Å². The molecule has 0 saturated carbocycles. The smallest absolute Gasteiger partial charge is 0.233 e. The van der Waals surface area contributed by atoms with Crippen LogP contribution in [0.1, 0.15) is 38.7 Å². The number of rotatable bonds is 9. The number of para-hydroxylation sites is 1. The van der Waals surface area contributed by atoms with Crippen molar-refractivity contribution in [3.8, 4) is 0 Å². The van der Waals surface area contributed by atoms with Crippen molar-refractivity contribution in [1.29, 1.82) is 0 Å². The van der Waals surface area contributed by atoms with Gasteiger partial charge in [0.2, 0.25) is 11.1 Å². The average molecular weight is 434 g/mol. The Balaban J connectivity index is 1.61. The van der Waals surface area contributed by atoms with Crippen molar-refractivity contribution in [1.82, 2.24) is 25.1 Å². The van der Waals surface area contributed by atoms with Crippen molar-refractivity contribution in [2.45, 2.75) is 50.1 Å². The van der Waals surface area contributed by atoms with Gasteiger partial charge >= 0.3 is 0 Å². The molecular formula is C24H27N5OS. The van der Waals surface area contributed by atoms with Crippen molar-refractivity contribution >= 4 is 39.7 Å². The highest BCUT2D eigenvalue weighted by molar-refractivity contribution is 8.00. The van der Waals surface area contributed by atoms with Crippen molar-refractivity contribution in [3.05, 3.63) is 60.2 Å². The summed E-state index contributed by atoms with van der Waals surface area (Å²) in [5, 5.41) is 13.1. The number of nitrogens with one attached hydrogen (secondary N) is 1. The Morgan fingerprint density at radius 3 is 2.65 bits per heavy atom. The van der Waals surface area contributed by atoms with Gasteiger partial charge in [0.1, 0.15) is 5.52 Å². The normalized spacial score (nSPS) is 12.3. The molecule has 0 bridgehead atoms. The second-order valence-corrected chi connectivity index (χ2v) is 8.92. The van der Waals surface area contributed by atoms with Crippen LogP contribution in [0.5, 0.6) is 0 Å². The number of benzene rings is 2. The third-order valence-corrected chi connectivity index (χ3v) is 6.22. The fraction of sp³-hybridized carbons (Fsp3) is 0.333. The number of hydrogen-bond acceptors (Lipinski definition) is 5. The van der Waals surface area contributed by atoms with Crippen LogP contribution in [0.4, 0.5) is 0 Å². The molecule has 31 heavy (non-hydrogen) atoms. The Hall–Kier alpha value is -2.93. The van der Waals surface area contributed by atoms with E-state index < -0.39 is 0 Å². The summed E-state index contributed by atoms with van der Waals surface area (Å²) in [4.78, 5) is 17.2. The molecule has 0 aliphatic heterocycles. The van der Waals surface area contributed by atoms with Crippen molar-refractivity contribution in [2.75, 3.05) is 6.54 Å². The topological polar surface area (TPSA) is 72.7 Å². The SMILES string of the molecule is CCCCCNC(=O)C(C)Sc1nnc2c3ccccc3n(Cc3ccccc3)c2n1. The van der Waals surface area contributed by atoms with E-state index in [9.17, 15) is 4.79 Å². The minimum atomic E-state index is -0.284. The molecule has 0 aliphatic carbocycles. The van der Waals surface area contributed by atoms with E-state index in [1.54, 1.807) is 0 Å². The molecule has 1 amide bonds. The number of aromatic nitrogens is 4. The average Bonchev–Trinajstić information content (AvgIpc) is 3.10. The first-order chi connectivity index (χ1) is 15.2. The maximum atomic E-state index is 12.4. The molecule has 6 nitrogen and oxygen atoms in total. The standard InChI is InChI=1S/C24H27N5OS/c1-3-4-10-15-25-23(30)17(2)31-24-26-22-21(27-28-24)19-13-8-9-14-20(19)29(22)16-18-11-6-5-7-12-18/h5-9,11-14,17H,3-4,10,15-16H2,1-2H3,(H,25,30). The van der Waals surface area contributed by atoms with E-state index in [4.69, 9.17) is 4.98 Å². The van der Waals surface area contributed by atoms with Crippen LogP contribution in [0.3, 0.4) is 0 Å². The highest BCUT2D eigenvalue weighted by Crippen LogP contribution is 2.28. The first kappa shape index (κ1) is 21.3. The molecule has 0 radical (unpaired) electrons. The van der Waals surface area contributed by atoms with Crippen LogP contribution in [0.25, 0.3) is 22.1 Å². The number of thioether (sulfide) groups is 1. The third kappa shape index (κ3) is 4.88. The lowest BCUT2D eigenvalue weighted by Crippen LogP contribution is -2.31. The molecule has 1 atom stereocenters. The van der Waals surface area contributed by atoms with Gasteiger partial charge < -0.3 is 9.88 Å².